The molecule has 0 aliphatic carbocycles. The van der Waals surface area contributed by atoms with Crippen molar-refractivity contribution in [3.8, 4) is 0 Å². The second-order valence-electron chi connectivity index (χ2n) is 4.05. The Morgan fingerprint density at radius 3 is 2.58 bits per heavy atom. The smallest absolute Gasteiger partial charge is 0.146 e. The molecule has 1 atom stereocenters. The Kier molecular flexibility index (Phi) is 4.16. The molecule has 0 saturated carbocycles. The number of nitrogens with one attached hydrogen (secondary N) is 1. The second-order valence-corrected chi connectivity index (χ2v) is 4.05. The molecule has 1 aromatic carbocycles. The van der Waals surface area contributed by atoms with Crippen molar-refractivity contribution in [1.29, 1.82) is 0 Å². The van der Waals surface area contributed by atoms with Crippen molar-refractivity contribution in [2.75, 3.05) is 6.54 Å². The van der Waals surface area contributed by atoms with Gasteiger partial charge in [0.25, 0.3) is 0 Å². The summed E-state index contributed by atoms with van der Waals surface area (Å²) in [5.74, 6) is -1.70. The monoisotopic (exact) mass is 266 g/mol. The molecule has 2 aromatic rings. The van der Waals surface area contributed by atoms with E-state index in [2.05, 4.69) is 10.3 Å². The normalized spacial score (nSPS) is 12.4. The highest BCUT2D eigenvalue weighted by molar-refractivity contribution is 5.32. The van der Waals surface area contributed by atoms with E-state index < -0.39 is 23.5 Å². The Hall–Kier alpha value is -1.88. The first-order valence-electron chi connectivity index (χ1n) is 5.91. The second kappa shape index (κ2) is 5.84. The fourth-order valence-corrected chi connectivity index (χ4v) is 1.95. The van der Waals surface area contributed by atoms with Crippen molar-refractivity contribution in [2.24, 2.45) is 0 Å². The average molecular weight is 266 g/mol. The van der Waals surface area contributed by atoms with Gasteiger partial charge in [0.05, 0.1) is 12.2 Å². The summed E-state index contributed by atoms with van der Waals surface area (Å²) in [6.45, 7) is 2.30. The lowest BCUT2D eigenvalue weighted by Crippen LogP contribution is -2.24. The van der Waals surface area contributed by atoms with Crippen LogP contribution in [0.3, 0.4) is 0 Å². The molecule has 0 spiro atoms. The average Bonchev–Trinajstić information content (AvgIpc) is 2.40. The lowest BCUT2D eigenvalue weighted by molar-refractivity contribution is 0.520. The molecule has 0 radical (unpaired) electrons. The molecule has 0 amide bonds. The zero-order valence-electron chi connectivity index (χ0n) is 10.3. The van der Waals surface area contributed by atoms with Gasteiger partial charge in [0.1, 0.15) is 17.5 Å². The van der Waals surface area contributed by atoms with E-state index in [9.17, 15) is 13.2 Å². The Labute approximate surface area is 109 Å². The zero-order valence-corrected chi connectivity index (χ0v) is 10.3. The Balaban J connectivity index is 2.51. The van der Waals surface area contributed by atoms with E-state index in [0.717, 1.165) is 24.4 Å². The maximum Gasteiger partial charge on any atom is 0.146 e. The van der Waals surface area contributed by atoms with Crippen LogP contribution in [0, 0.1) is 17.5 Å². The number of rotatable bonds is 4. The quantitative estimate of drug-likeness (QED) is 0.919. The van der Waals surface area contributed by atoms with E-state index >= 15 is 0 Å². The highest BCUT2D eigenvalue weighted by Gasteiger charge is 2.20. The summed E-state index contributed by atoms with van der Waals surface area (Å²) in [5, 5.41) is 2.95. The maximum atomic E-state index is 13.8. The first-order valence-corrected chi connectivity index (χ1v) is 5.91. The molecule has 5 heteroatoms. The van der Waals surface area contributed by atoms with Gasteiger partial charge in [-0.3, -0.25) is 4.98 Å². The number of hydrogen-bond acceptors (Lipinski definition) is 2. The molecule has 1 heterocycles. The minimum absolute atomic E-state index is 0.0759. The third kappa shape index (κ3) is 2.93. The van der Waals surface area contributed by atoms with Crippen LogP contribution in [0.5, 0.6) is 0 Å². The molecule has 19 heavy (non-hydrogen) atoms. The molecule has 1 aromatic heterocycles. The molecule has 0 saturated heterocycles. The van der Waals surface area contributed by atoms with Gasteiger partial charge in [0, 0.05) is 17.3 Å². The minimum Gasteiger partial charge on any atom is -0.306 e. The van der Waals surface area contributed by atoms with Crippen molar-refractivity contribution in [3.05, 3.63) is 65.2 Å². The Bertz CT molecular complexity index is 572. The van der Waals surface area contributed by atoms with Crippen LogP contribution in [0.2, 0.25) is 0 Å². The summed E-state index contributed by atoms with van der Waals surface area (Å²) >= 11 is 0. The predicted octanol–water partition coefficient (Wildman–Crippen LogP) is 3.20. The van der Waals surface area contributed by atoms with E-state index in [4.69, 9.17) is 0 Å². The van der Waals surface area contributed by atoms with E-state index in [0.29, 0.717) is 6.54 Å². The van der Waals surface area contributed by atoms with Gasteiger partial charge in [-0.05, 0) is 30.8 Å². The number of halogens is 3. The molecule has 2 rings (SSSR count). The van der Waals surface area contributed by atoms with Crippen molar-refractivity contribution >= 4 is 0 Å². The van der Waals surface area contributed by atoms with E-state index in [1.165, 1.54) is 12.3 Å². The largest absolute Gasteiger partial charge is 0.306 e. The SMILES string of the molecule is CCNC(c1ccncc1F)c1cc(F)ccc1F. The van der Waals surface area contributed by atoms with Crippen LogP contribution in [-0.4, -0.2) is 11.5 Å². The van der Waals surface area contributed by atoms with Crippen LogP contribution in [0.15, 0.2) is 36.7 Å². The lowest BCUT2D eigenvalue weighted by Gasteiger charge is -2.20. The van der Waals surface area contributed by atoms with E-state index in [1.807, 2.05) is 6.92 Å². The van der Waals surface area contributed by atoms with Gasteiger partial charge in [0.2, 0.25) is 0 Å². The third-order valence-corrected chi connectivity index (χ3v) is 2.79. The first kappa shape index (κ1) is 13.5. The van der Waals surface area contributed by atoms with Crippen LogP contribution in [-0.2, 0) is 0 Å². The number of benzene rings is 1. The molecule has 0 aliphatic rings. The fourth-order valence-electron chi connectivity index (χ4n) is 1.95. The summed E-state index contributed by atoms with van der Waals surface area (Å²) < 4.78 is 40.8. The zero-order chi connectivity index (χ0) is 13.8. The van der Waals surface area contributed by atoms with Crippen LogP contribution in [0.1, 0.15) is 24.1 Å². The molecule has 1 N–H and O–H groups in total. The molecule has 0 aliphatic heterocycles. The topological polar surface area (TPSA) is 24.9 Å². The third-order valence-electron chi connectivity index (χ3n) is 2.79. The molecule has 1 unspecified atom stereocenters. The van der Waals surface area contributed by atoms with Gasteiger partial charge in [-0.15, -0.1) is 0 Å². The van der Waals surface area contributed by atoms with Gasteiger partial charge < -0.3 is 5.32 Å². The van der Waals surface area contributed by atoms with Crippen LogP contribution in [0.4, 0.5) is 13.2 Å². The van der Waals surface area contributed by atoms with Gasteiger partial charge in [-0.25, -0.2) is 13.2 Å². The predicted molar refractivity (Wildman–Crippen MR) is 66.1 cm³/mol. The highest BCUT2D eigenvalue weighted by Crippen LogP contribution is 2.26. The summed E-state index contributed by atoms with van der Waals surface area (Å²) in [7, 11) is 0. The van der Waals surface area contributed by atoms with E-state index in [1.54, 1.807) is 0 Å². The number of pyridine rings is 1. The first-order chi connectivity index (χ1) is 9.13. The van der Waals surface area contributed by atoms with Gasteiger partial charge in [-0.2, -0.15) is 0 Å². The molecule has 0 fully saturated rings. The highest BCUT2D eigenvalue weighted by atomic mass is 19.1. The fraction of sp³-hybridized carbons (Fsp3) is 0.214. The maximum absolute atomic E-state index is 13.8. The van der Waals surface area contributed by atoms with Crippen molar-refractivity contribution in [2.45, 2.75) is 13.0 Å². The van der Waals surface area contributed by atoms with Crippen molar-refractivity contribution in [1.82, 2.24) is 10.3 Å². The standard InChI is InChI=1S/C14H13F3N2/c1-2-19-14(10-5-6-18-8-13(10)17)11-7-9(15)3-4-12(11)16/h3-8,14,19H,2H2,1H3. The summed E-state index contributed by atoms with van der Waals surface area (Å²) in [6, 6.07) is 3.85. The van der Waals surface area contributed by atoms with Crippen LogP contribution in [0.25, 0.3) is 0 Å². The van der Waals surface area contributed by atoms with Gasteiger partial charge >= 0.3 is 0 Å². The van der Waals surface area contributed by atoms with Crippen LogP contribution >= 0.6 is 0 Å². The molecule has 0 bridgehead atoms. The van der Waals surface area contributed by atoms with Crippen molar-refractivity contribution < 1.29 is 13.2 Å². The van der Waals surface area contributed by atoms with E-state index in [-0.39, 0.29) is 11.1 Å². The minimum atomic E-state index is -0.747. The van der Waals surface area contributed by atoms with Gasteiger partial charge in [0.15, 0.2) is 0 Å². The number of nitrogens with zero attached hydrogens (tertiary/aromatic N) is 1. The summed E-state index contributed by atoms with van der Waals surface area (Å²) in [4.78, 5) is 3.65. The Morgan fingerprint density at radius 2 is 1.89 bits per heavy atom. The van der Waals surface area contributed by atoms with Crippen LogP contribution < -0.4 is 5.32 Å². The molecule has 2 nitrogen and oxygen atoms in total. The van der Waals surface area contributed by atoms with Gasteiger partial charge in [-0.1, -0.05) is 6.92 Å². The Morgan fingerprint density at radius 1 is 1.11 bits per heavy atom. The molecular weight excluding hydrogens is 253 g/mol. The molecular formula is C14H13F3N2. The lowest BCUT2D eigenvalue weighted by atomic mass is 9.98. The molecule has 100 valence electrons. The summed E-state index contributed by atoms with van der Waals surface area (Å²) in [5.41, 5.74) is 0.313. The summed E-state index contributed by atoms with van der Waals surface area (Å²) in [6.07, 6.45) is 2.47. The van der Waals surface area contributed by atoms with Crippen molar-refractivity contribution in [3.63, 3.8) is 0 Å². The number of hydrogen-bond donors (Lipinski definition) is 1. The number of aromatic nitrogens is 1.